The molecular weight excluding hydrogens is 857 g/mol. The van der Waals surface area contributed by atoms with Crippen LogP contribution >= 0.6 is 0 Å². The number of aromatic hydroxyl groups is 2. The summed E-state index contributed by atoms with van der Waals surface area (Å²) in [7, 11) is 0. The Hall–Kier alpha value is -7.12. The van der Waals surface area contributed by atoms with E-state index in [1.54, 1.807) is 14.7 Å². The zero-order valence-electron chi connectivity index (χ0n) is 34.1. The van der Waals surface area contributed by atoms with Crippen LogP contribution in [-0.2, 0) is 21.9 Å². The summed E-state index contributed by atoms with van der Waals surface area (Å²) in [6.07, 6.45) is -6.17. The smallest absolute Gasteiger partial charge is 0.418 e. The lowest BCUT2D eigenvalue weighted by Crippen LogP contribution is -2.48. The van der Waals surface area contributed by atoms with Crippen molar-refractivity contribution in [3.05, 3.63) is 107 Å². The van der Waals surface area contributed by atoms with E-state index in [0.717, 1.165) is 12.1 Å². The first-order valence-corrected chi connectivity index (χ1v) is 19.8. The summed E-state index contributed by atoms with van der Waals surface area (Å²) in [6.45, 7) is 4.78. The Morgan fingerprint density at radius 1 is 0.672 bits per heavy atom. The minimum atomic E-state index is -4.60. The molecule has 4 aromatic carbocycles. The van der Waals surface area contributed by atoms with Gasteiger partial charge in [-0.25, -0.2) is 8.78 Å². The Balaban J connectivity index is 0.000000191. The van der Waals surface area contributed by atoms with Crippen LogP contribution in [0.3, 0.4) is 0 Å². The maximum Gasteiger partial charge on any atom is 0.418 e. The van der Waals surface area contributed by atoms with Crippen molar-refractivity contribution in [3.63, 3.8) is 0 Å². The Morgan fingerprint density at radius 3 is 1.58 bits per heavy atom. The molecule has 4 heterocycles. The lowest BCUT2D eigenvalue weighted by atomic mass is 10.1. The van der Waals surface area contributed by atoms with Gasteiger partial charge in [0.1, 0.15) is 11.6 Å². The lowest BCUT2D eigenvalue weighted by molar-refractivity contribution is -0.138. The second-order valence-electron chi connectivity index (χ2n) is 15.2. The van der Waals surface area contributed by atoms with Crippen LogP contribution in [-0.4, -0.2) is 94.6 Å². The van der Waals surface area contributed by atoms with Gasteiger partial charge < -0.3 is 40.2 Å². The van der Waals surface area contributed by atoms with Crippen molar-refractivity contribution < 1.29 is 54.9 Å². The van der Waals surface area contributed by atoms with Crippen LogP contribution in [0, 0.1) is 11.6 Å². The number of carbonyl (C=O) groups is 2. The van der Waals surface area contributed by atoms with Gasteiger partial charge in [-0.1, -0.05) is 0 Å². The molecule has 6 aromatic rings. The number of nitrogens with one attached hydrogen (secondary N) is 3. The first kappa shape index (κ1) is 44.9. The highest BCUT2D eigenvalue weighted by Gasteiger charge is 2.38. The number of fused-ring (bicyclic) bond motifs is 2. The van der Waals surface area contributed by atoms with Crippen molar-refractivity contribution in [1.82, 2.24) is 20.2 Å². The predicted octanol–water partition coefficient (Wildman–Crippen LogP) is 8.95. The van der Waals surface area contributed by atoms with Gasteiger partial charge in [0.05, 0.1) is 44.7 Å². The molecule has 20 heteroatoms. The maximum atomic E-state index is 13.8. The van der Waals surface area contributed by atoms with E-state index in [1.165, 1.54) is 86.9 Å². The van der Waals surface area contributed by atoms with E-state index in [1.807, 2.05) is 0 Å². The lowest BCUT2D eigenvalue weighted by Gasteiger charge is -2.36. The quantitative estimate of drug-likeness (QED) is 0.0798. The number of benzene rings is 4. The molecule has 0 bridgehead atoms. The highest BCUT2D eigenvalue weighted by Crippen LogP contribution is 2.41. The number of anilines is 2. The van der Waals surface area contributed by atoms with Crippen LogP contribution < -0.4 is 15.1 Å². The Morgan fingerprint density at radius 2 is 1.14 bits per heavy atom. The number of hydrogen-bond donors (Lipinski definition) is 5. The van der Waals surface area contributed by atoms with Crippen LogP contribution in [0.1, 0.15) is 42.5 Å². The number of rotatable bonds is 7. The third kappa shape index (κ3) is 10.1. The number of halogens is 8. The van der Waals surface area contributed by atoms with Gasteiger partial charge in [0.15, 0.2) is 11.8 Å². The van der Waals surface area contributed by atoms with E-state index in [0.29, 0.717) is 61.0 Å². The topological polar surface area (TPSA) is 153 Å². The van der Waals surface area contributed by atoms with Crippen molar-refractivity contribution >= 4 is 68.8 Å². The number of carbonyl (C=O) groups excluding carboxylic acids is 2. The summed E-state index contributed by atoms with van der Waals surface area (Å²) in [5.74, 6) is -1.82. The number of piperazine rings is 1. The fourth-order valence-electron chi connectivity index (χ4n) is 7.75. The molecule has 0 aliphatic carbocycles. The van der Waals surface area contributed by atoms with E-state index in [4.69, 9.17) is 0 Å². The van der Waals surface area contributed by atoms with Crippen molar-refractivity contribution in [2.75, 3.05) is 49.1 Å². The Bertz CT molecular complexity index is 2620. The Kier molecular flexibility index (Phi) is 12.6. The van der Waals surface area contributed by atoms with Crippen molar-refractivity contribution in [2.45, 2.75) is 38.7 Å². The second-order valence-corrected chi connectivity index (χ2v) is 15.2. The summed E-state index contributed by atoms with van der Waals surface area (Å²) in [5.41, 5.74) is -0.311. The third-order valence-corrected chi connectivity index (χ3v) is 10.8. The van der Waals surface area contributed by atoms with Crippen LogP contribution in [0.5, 0.6) is 11.8 Å². The van der Waals surface area contributed by atoms with Gasteiger partial charge in [0.2, 0.25) is 11.8 Å². The molecule has 2 saturated heterocycles. The summed E-state index contributed by atoms with van der Waals surface area (Å²) in [6, 6.07) is 15.1. The molecule has 0 radical (unpaired) electrons. The SMILES string of the molecule is CC(=O)N1CCN(c2ccc(N=Cc3c(O)[nH]c4cc(F)ccc34)cc2C(F)(F)F)CC1.CC(=O)NC1CCN(c2ccc(N=Cc3c(O)[nH]c4cc(F)ccc34)cc2C(F)(F)F)C1. The monoisotopic (exact) mass is 896 g/mol. The van der Waals surface area contributed by atoms with Crippen molar-refractivity contribution in [2.24, 2.45) is 9.98 Å². The highest BCUT2D eigenvalue weighted by atomic mass is 19.4. The molecule has 2 aliphatic rings. The molecule has 0 saturated carbocycles. The predicted molar refractivity (Wildman–Crippen MR) is 226 cm³/mol. The highest BCUT2D eigenvalue weighted by molar-refractivity contribution is 6.03. The standard InChI is InChI=1S/2C22H20F4N4O2/c1-13(31)29-6-8-30(9-7-29)20-5-3-15(11-18(20)22(24,25)26)27-12-17-16-4-2-14(23)10-19(16)28-21(17)32;1-12(31)28-15-6-7-30(11-15)20-5-3-14(9-18(20)22(24,25)26)27-10-17-16-4-2-13(23)8-19(16)29-21(17)32/h2-5,10-12,28,32H,6-9H2,1H3;2-5,8-10,15,29,32H,6-7,11H2,1H3,(H,28,31). The second kappa shape index (κ2) is 17.9. The van der Waals surface area contributed by atoms with Gasteiger partial charge in [-0.05, 0) is 79.2 Å². The largest absolute Gasteiger partial charge is 0.494 e. The first-order valence-electron chi connectivity index (χ1n) is 19.8. The molecule has 1 unspecified atom stereocenters. The van der Waals surface area contributed by atoms with Gasteiger partial charge >= 0.3 is 12.4 Å². The molecular formula is C44H40F8N8O4. The Labute approximate surface area is 359 Å². The number of aromatic amines is 2. The molecule has 336 valence electrons. The van der Waals surface area contributed by atoms with Crippen molar-refractivity contribution in [1.29, 1.82) is 0 Å². The van der Waals surface area contributed by atoms with E-state index in [9.17, 15) is 54.9 Å². The molecule has 64 heavy (non-hydrogen) atoms. The first-order chi connectivity index (χ1) is 30.2. The number of H-pyrrole nitrogens is 2. The van der Waals surface area contributed by atoms with Gasteiger partial charge in [-0.2, -0.15) is 26.3 Å². The van der Waals surface area contributed by atoms with Gasteiger partial charge in [0, 0.05) is 93.7 Å². The van der Waals surface area contributed by atoms with E-state index < -0.39 is 35.1 Å². The average Bonchev–Trinajstić information content (AvgIpc) is 3.91. The number of alkyl halides is 6. The van der Waals surface area contributed by atoms with Gasteiger partial charge in [-0.3, -0.25) is 19.6 Å². The summed E-state index contributed by atoms with van der Waals surface area (Å²) >= 11 is 0. The van der Waals surface area contributed by atoms with E-state index >= 15 is 0 Å². The maximum absolute atomic E-state index is 13.8. The molecule has 8 rings (SSSR count). The number of amides is 2. The van der Waals surface area contributed by atoms with E-state index in [-0.39, 0.29) is 70.0 Å². The molecule has 2 fully saturated rings. The zero-order chi connectivity index (χ0) is 46.1. The molecule has 2 amide bonds. The minimum Gasteiger partial charge on any atom is -0.494 e. The van der Waals surface area contributed by atoms with Crippen LogP contribution in [0.4, 0.5) is 57.9 Å². The molecule has 2 aromatic heterocycles. The van der Waals surface area contributed by atoms with Crippen molar-refractivity contribution in [3.8, 4) is 11.8 Å². The third-order valence-electron chi connectivity index (χ3n) is 10.8. The number of aromatic nitrogens is 2. The fourth-order valence-corrected chi connectivity index (χ4v) is 7.75. The summed E-state index contributed by atoms with van der Waals surface area (Å²) in [5, 5.41) is 23.9. The molecule has 1 atom stereocenters. The fraction of sp³-hybridized carbons (Fsp3) is 0.273. The van der Waals surface area contributed by atoms with E-state index in [2.05, 4.69) is 25.3 Å². The van der Waals surface area contributed by atoms with Gasteiger partial charge in [0.25, 0.3) is 0 Å². The summed E-state index contributed by atoms with van der Waals surface area (Å²) < 4.78 is 109. The molecule has 5 N–H and O–H groups in total. The van der Waals surface area contributed by atoms with Gasteiger partial charge in [-0.15, -0.1) is 0 Å². The normalized spacial score (nSPS) is 16.0. The molecule has 0 spiro atoms. The average molecular weight is 897 g/mol. The molecule has 2 aliphatic heterocycles. The van der Waals surface area contributed by atoms with Crippen LogP contribution in [0.25, 0.3) is 21.8 Å². The van der Waals surface area contributed by atoms with Crippen LogP contribution in [0.15, 0.2) is 82.8 Å². The number of hydrogen-bond acceptors (Lipinski definition) is 8. The number of nitrogens with zero attached hydrogens (tertiary/aromatic N) is 5. The molecule has 12 nitrogen and oxygen atoms in total. The summed E-state index contributed by atoms with van der Waals surface area (Å²) in [4.78, 5) is 41.0. The van der Waals surface area contributed by atoms with Crippen LogP contribution in [0.2, 0.25) is 0 Å². The zero-order valence-corrected chi connectivity index (χ0v) is 34.1. The minimum absolute atomic E-state index is 0.0229. The number of aliphatic imine (C=N–C) groups is 2.